The molecule has 0 aliphatic heterocycles. The molecule has 0 bridgehead atoms. The second-order valence-electron chi connectivity index (χ2n) is 5.05. The first-order chi connectivity index (χ1) is 9.71. The number of carbonyl (C=O) groups is 1. The number of carbonyl (C=O) groups excluding carboxylic acids is 1. The van der Waals surface area contributed by atoms with Crippen molar-refractivity contribution in [3.63, 3.8) is 0 Å². The zero-order chi connectivity index (χ0) is 16.0. The van der Waals surface area contributed by atoms with E-state index in [2.05, 4.69) is 10.1 Å². The van der Waals surface area contributed by atoms with Gasteiger partial charge in [-0.2, -0.15) is 0 Å². The molecular weight excluding hydrogens is 287 g/mol. The molecule has 1 rings (SSSR count). The molecule has 7 heteroatoms. The van der Waals surface area contributed by atoms with Crippen molar-refractivity contribution in [3.05, 3.63) is 29.8 Å². The van der Waals surface area contributed by atoms with Gasteiger partial charge in [0.1, 0.15) is 5.75 Å². The Morgan fingerprint density at radius 3 is 2.29 bits per heavy atom. The molecule has 0 radical (unpaired) electrons. The average molecular weight is 305 g/mol. The predicted molar refractivity (Wildman–Crippen MR) is 70.9 cm³/mol. The fourth-order valence-corrected chi connectivity index (χ4v) is 1.82. The van der Waals surface area contributed by atoms with Crippen molar-refractivity contribution < 1.29 is 27.8 Å². The van der Waals surface area contributed by atoms with Crippen LogP contribution in [0.4, 0.5) is 13.2 Å². The third-order valence-electron chi connectivity index (χ3n) is 2.66. The molecule has 0 spiro atoms. The highest BCUT2D eigenvalue weighted by Crippen LogP contribution is 2.22. The van der Waals surface area contributed by atoms with Crippen molar-refractivity contribution in [2.45, 2.75) is 32.7 Å². The Morgan fingerprint density at radius 1 is 1.29 bits per heavy atom. The van der Waals surface area contributed by atoms with Crippen molar-refractivity contribution in [2.24, 2.45) is 5.92 Å². The van der Waals surface area contributed by atoms with E-state index in [1.165, 1.54) is 12.1 Å². The minimum atomic E-state index is -4.76. The molecule has 0 saturated heterocycles. The van der Waals surface area contributed by atoms with Crippen LogP contribution in [0.25, 0.3) is 0 Å². The van der Waals surface area contributed by atoms with Crippen LogP contribution in [0.3, 0.4) is 0 Å². The van der Waals surface area contributed by atoms with Gasteiger partial charge in [0.05, 0.1) is 12.6 Å². The van der Waals surface area contributed by atoms with Crippen LogP contribution in [0, 0.1) is 5.92 Å². The number of benzene rings is 1. The Labute approximate surface area is 120 Å². The lowest BCUT2D eigenvalue weighted by Gasteiger charge is -2.18. The van der Waals surface area contributed by atoms with E-state index in [1.807, 2.05) is 13.8 Å². The minimum Gasteiger partial charge on any atom is -0.406 e. The fraction of sp³-hybridized carbons (Fsp3) is 0.500. The number of aliphatic hydroxyl groups excluding tert-OH is 1. The summed E-state index contributed by atoms with van der Waals surface area (Å²) in [5, 5.41) is 11.8. The normalized spacial score (nSPS) is 13.1. The Bertz CT molecular complexity index is 458. The first-order valence-corrected chi connectivity index (χ1v) is 6.49. The summed E-state index contributed by atoms with van der Waals surface area (Å²) in [6.07, 6.45) is -4.15. The highest BCUT2D eigenvalue weighted by molar-refractivity contribution is 5.94. The van der Waals surface area contributed by atoms with Crippen LogP contribution in [0.2, 0.25) is 0 Å². The van der Waals surface area contributed by atoms with Gasteiger partial charge in [0.15, 0.2) is 0 Å². The van der Waals surface area contributed by atoms with E-state index in [4.69, 9.17) is 0 Å². The summed E-state index contributed by atoms with van der Waals surface area (Å²) >= 11 is 0. The molecule has 0 fully saturated rings. The molecule has 2 N–H and O–H groups in total. The highest BCUT2D eigenvalue weighted by Gasteiger charge is 2.31. The van der Waals surface area contributed by atoms with Gasteiger partial charge in [-0.3, -0.25) is 4.79 Å². The standard InChI is InChI=1S/C14H18F3NO3/c1-9(2)7-11(8-19)18-13(20)10-3-5-12(6-4-10)21-14(15,16)17/h3-6,9,11,19H,7-8H2,1-2H3,(H,18,20). The van der Waals surface area contributed by atoms with E-state index in [9.17, 15) is 23.1 Å². The van der Waals surface area contributed by atoms with E-state index < -0.39 is 12.3 Å². The predicted octanol–water partition coefficient (Wildman–Crippen LogP) is 2.72. The van der Waals surface area contributed by atoms with E-state index in [0.29, 0.717) is 12.3 Å². The van der Waals surface area contributed by atoms with Crippen molar-refractivity contribution in [1.29, 1.82) is 0 Å². The molecule has 0 aromatic heterocycles. The van der Waals surface area contributed by atoms with E-state index in [-0.39, 0.29) is 24.0 Å². The third-order valence-corrected chi connectivity index (χ3v) is 2.66. The van der Waals surface area contributed by atoms with Crippen LogP contribution >= 0.6 is 0 Å². The van der Waals surface area contributed by atoms with E-state index >= 15 is 0 Å². The first-order valence-electron chi connectivity index (χ1n) is 6.49. The molecule has 1 aromatic rings. The third kappa shape index (κ3) is 6.48. The summed E-state index contributed by atoms with van der Waals surface area (Å²) in [5.41, 5.74) is 0.201. The average Bonchev–Trinajstić information content (AvgIpc) is 2.36. The van der Waals surface area contributed by atoms with Gasteiger partial charge in [0.25, 0.3) is 5.91 Å². The van der Waals surface area contributed by atoms with Crippen molar-refractivity contribution in [2.75, 3.05) is 6.61 Å². The van der Waals surface area contributed by atoms with Crippen LogP contribution in [0.15, 0.2) is 24.3 Å². The summed E-state index contributed by atoms with van der Waals surface area (Å²) < 4.78 is 39.8. The van der Waals surface area contributed by atoms with Gasteiger partial charge in [-0.1, -0.05) is 13.8 Å². The molecule has 1 atom stereocenters. The van der Waals surface area contributed by atoms with Crippen LogP contribution in [-0.4, -0.2) is 30.0 Å². The monoisotopic (exact) mass is 305 g/mol. The summed E-state index contributed by atoms with van der Waals surface area (Å²) in [4.78, 5) is 11.9. The number of hydrogen-bond acceptors (Lipinski definition) is 3. The molecule has 0 aliphatic rings. The Morgan fingerprint density at radius 2 is 1.86 bits per heavy atom. The highest BCUT2D eigenvalue weighted by atomic mass is 19.4. The SMILES string of the molecule is CC(C)CC(CO)NC(=O)c1ccc(OC(F)(F)F)cc1. The largest absolute Gasteiger partial charge is 0.573 e. The summed E-state index contributed by atoms with van der Waals surface area (Å²) in [6, 6.07) is 4.22. The maximum Gasteiger partial charge on any atom is 0.573 e. The number of aliphatic hydroxyl groups is 1. The lowest BCUT2D eigenvalue weighted by molar-refractivity contribution is -0.274. The van der Waals surface area contributed by atoms with Crippen LogP contribution < -0.4 is 10.1 Å². The van der Waals surface area contributed by atoms with Crippen LogP contribution in [0.5, 0.6) is 5.75 Å². The number of nitrogens with one attached hydrogen (secondary N) is 1. The lowest BCUT2D eigenvalue weighted by atomic mass is 10.0. The van der Waals surface area contributed by atoms with E-state index in [1.54, 1.807) is 0 Å². The molecule has 1 amide bonds. The molecule has 4 nitrogen and oxygen atoms in total. The quantitative estimate of drug-likeness (QED) is 0.849. The topological polar surface area (TPSA) is 58.6 Å². The number of alkyl halides is 3. The first kappa shape index (κ1) is 17.3. The summed E-state index contributed by atoms with van der Waals surface area (Å²) in [6.45, 7) is 3.72. The second-order valence-corrected chi connectivity index (χ2v) is 5.05. The number of ether oxygens (including phenoxy) is 1. The summed E-state index contributed by atoms with van der Waals surface area (Å²) in [7, 11) is 0. The second kappa shape index (κ2) is 7.31. The Balaban J connectivity index is 2.66. The minimum absolute atomic E-state index is 0.195. The number of hydrogen-bond donors (Lipinski definition) is 2. The Hall–Kier alpha value is -1.76. The number of halogens is 3. The van der Waals surface area contributed by atoms with Crippen molar-refractivity contribution in [1.82, 2.24) is 5.32 Å². The molecule has 1 aromatic carbocycles. The van der Waals surface area contributed by atoms with Crippen molar-refractivity contribution in [3.8, 4) is 5.75 Å². The molecule has 118 valence electrons. The maximum atomic E-state index is 12.0. The smallest absolute Gasteiger partial charge is 0.406 e. The maximum absolute atomic E-state index is 12.0. The van der Waals surface area contributed by atoms with Gasteiger partial charge < -0.3 is 15.2 Å². The van der Waals surface area contributed by atoms with Gasteiger partial charge >= 0.3 is 6.36 Å². The van der Waals surface area contributed by atoms with Gasteiger partial charge in [-0.05, 0) is 36.6 Å². The molecule has 1 unspecified atom stereocenters. The molecule has 0 aliphatic carbocycles. The molecule has 21 heavy (non-hydrogen) atoms. The molecule has 0 saturated carbocycles. The van der Waals surface area contributed by atoms with Crippen molar-refractivity contribution >= 4 is 5.91 Å². The van der Waals surface area contributed by atoms with Gasteiger partial charge in [-0.25, -0.2) is 0 Å². The Kier molecular flexibility index (Phi) is 6.02. The molecular formula is C14H18F3NO3. The zero-order valence-electron chi connectivity index (χ0n) is 11.8. The summed E-state index contributed by atoms with van der Waals surface area (Å²) in [5.74, 6) is -0.543. The van der Waals surface area contributed by atoms with E-state index in [0.717, 1.165) is 12.1 Å². The number of amides is 1. The van der Waals surface area contributed by atoms with Crippen LogP contribution in [-0.2, 0) is 0 Å². The van der Waals surface area contributed by atoms with Crippen LogP contribution in [0.1, 0.15) is 30.6 Å². The lowest BCUT2D eigenvalue weighted by Crippen LogP contribution is -2.38. The number of rotatable bonds is 6. The van der Waals surface area contributed by atoms with Gasteiger partial charge in [0, 0.05) is 5.56 Å². The fourth-order valence-electron chi connectivity index (χ4n) is 1.82. The van der Waals surface area contributed by atoms with Gasteiger partial charge in [0.2, 0.25) is 0 Å². The van der Waals surface area contributed by atoms with Gasteiger partial charge in [-0.15, -0.1) is 13.2 Å². The molecule has 0 heterocycles. The zero-order valence-corrected chi connectivity index (χ0v) is 11.8.